The van der Waals surface area contributed by atoms with Crippen LogP contribution in [0, 0.1) is 0 Å². The third-order valence-corrected chi connectivity index (χ3v) is 2.50. The summed E-state index contributed by atoms with van der Waals surface area (Å²) in [5.41, 5.74) is 6.68. The van der Waals surface area contributed by atoms with Crippen LogP contribution in [0.15, 0.2) is 16.8 Å². The second-order valence-electron chi connectivity index (χ2n) is 2.90. The van der Waals surface area contributed by atoms with E-state index in [0.29, 0.717) is 6.42 Å². The van der Waals surface area contributed by atoms with Gasteiger partial charge in [0.1, 0.15) is 0 Å². The fourth-order valence-corrected chi connectivity index (χ4v) is 1.76. The van der Waals surface area contributed by atoms with Gasteiger partial charge in [-0.3, -0.25) is 0 Å². The number of rotatable bonds is 3. The van der Waals surface area contributed by atoms with E-state index in [2.05, 4.69) is 0 Å². The SMILES string of the molecule is CC(N)(CCO)c1ccsc1. The lowest BCUT2D eigenvalue weighted by atomic mass is 9.93. The van der Waals surface area contributed by atoms with Gasteiger partial charge < -0.3 is 10.8 Å². The summed E-state index contributed by atoms with van der Waals surface area (Å²) < 4.78 is 0. The molecule has 0 aliphatic rings. The summed E-state index contributed by atoms with van der Waals surface area (Å²) in [7, 11) is 0. The number of aliphatic hydroxyl groups excluding tert-OH is 1. The normalized spacial score (nSPS) is 16.3. The quantitative estimate of drug-likeness (QED) is 0.720. The maximum absolute atomic E-state index is 8.72. The van der Waals surface area contributed by atoms with Gasteiger partial charge in [-0.1, -0.05) is 0 Å². The predicted octanol–water partition coefficient (Wildman–Crippen LogP) is 1.30. The summed E-state index contributed by atoms with van der Waals surface area (Å²) >= 11 is 1.63. The Kier molecular flexibility index (Phi) is 2.65. The van der Waals surface area contributed by atoms with Gasteiger partial charge in [-0.05, 0) is 35.7 Å². The summed E-state index contributed by atoms with van der Waals surface area (Å²) in [6.45, 7) is 2.08. The highest BCUT2D eigenvalue weighted by atomic mass is 32.1. The van der Waals surface area contributed by atoms with Crippen molar-refractivity contribution in [1.29, 1.82) is 0 Å². The van der Waals surface area contributed by atoms with Gasteiger partial charge in [0.2, 0.25) is 0 Å². The molecular weight excluding hydrogens is 158 g/mol. The number of aliphatic hydroxyl groups is 1. The molecule has 1 aromatic heterocycles. The Bertz CT molecular complexity index is 206. The molecule has 0 saturated carbocycles. The highest BCUT2D eigenvalue weighted by Crippen LogP contribution is 2.22. The van der Waals surface area contributed by atoms with E-state index < -0.39 is 0 Å². The number of nitrogens with two attached hydrogens (primary N) is 1. The van der Waals surface area contributed by atoms with Crippen molar-refractivity contribution in [2.75, 3.05) is 6.61 Å². The van der Waals surface area contributed by atoms with Gasteiger partial charge >= 0.3 is 0 Å². The molecule has 62 valence electrons. The third-order valence-electron chi connectivity index (χ3n) is 1.81. The molecule has 0 amide bonds. The van der Waals surface area contributed by atoms with Gasteiger partial charge in [-0.2, -0.15) is 11.3 Å². The summed E-state index contributed by atoms with van der Waals surface area (Å²) in [4.78, 5) is 0. The molecule has 3 heteroatoms. The lowest BCUT2D eigenvalue weighted by Crippen LogP contribution is -2.33. The van der Waals surface area contributed by atoms with Crippen LogP contribution in [0.4, 0.5) is 0 Å². The standard InChI is InChI=1S/C8H13NOS/c1-8(9,3-4-10)7-2-5-11-6-7/h2,5-6,10H,3-4,9H2,1H3. The average molecular weight is 171 g/mol. The maximum Gasteiger partial charge on any atom is 0.0451 e. The van der Waals surface area contributed by atoms with Gasteiger partial charge in [0.05, 0.1) is 0 Å². The van der Waals surface area contributed by atoms with E-state index in [1.165, 1.54) is 0 Å². The molecule has 0 saturated heterocycles. The molecule has 0 aliphatic heterocycles. The molecule has 0 fully saturated rings. The summed E-state index contributed by atoms with van der Waals surface area (Å²) in [5, 5.41) is 12.7. The van der Waals surface area contributed by atoms with Crippen LogP contribution < -0.4 is 5.73 Å². The highest BCUT2D eigenvalue weighted by molar-refractivity contribution is 7.08. The maximum atomic E-state index is 8.72. The zero-order valence-electron chi connectivity index (χ0n) is 6.58. The summed E-state index contributed by atoms with van der Waals surface area (Å²) in [5.74, 6) is 0. The average Bonchev–Trinajstić information content (AvgIpc) is 2.37. The Hall–Kier alpha value is -0.380. The van der Waals surface area contributed by atoms with E-state index in [0.717, 1.165) is 5.56 Å². The van der Waals surface area contributed by atoms with Crippen molar-refractivity contribution in [3.63, 3.8) is 0 Å². The van der Waals surface area contributed by atoms with Crippen LogP contribution in [0.2, 0.25) is 0 Å². The van der Waals surface area contributed by atoms with Crippen LogP contribution in [-0.4, -0.2) is 11.7 Å². The van der Waals surface area contributed by atoms with Crippen molar-refractivity contribution in [2.45, 2.75) is 18.9 Å². The third kappa shape index (κ3) is 2.02. The minimum atomic E-state index is -0.366. The van der Waals surface area contributed by atoms with Crippen LogP contribution in [-0.2, 0) is 5.54 Å². The van der Waals surface area contributed by atoms with Crippen molar-refractivity contribution in [1.82, 2.24) is 0 Å². The number of thiophene rings is 1. The molecule has 3 N–H and O–H groups in total. The minimum Gasteiger partial charge on any atom is -0.396 e. The molecule has 0 radical (unpaired) electrons. The lowest BCUT2D eigenvalue weighted by molar-refractivity contribution is 0.247. The molecule has 0 aromatic carbocycles. The first kappa shape index (κ1) is 8.71. The second-order valence-corrected chi connectivity index (χ2v) is 3.68. The first-order valence-corrected chi connectivity index (χ1v) is 4.53. The molecule has 1 rings (SSSR count). The lowest BCUT2D eigenvalue weighted by Gasteiger charge is -2.22. The van der Waals surface area contributed by atoms with E-state index in [1.54, 1.807) is 11.3 Å². The Morgan fingerprint density at radius 1 is 1.73 bits per heavy atom. The predicted molar refractivity (Wildman–Crippen MR) is 47.6 cm³/mol. The molecule has 2 nitrogen and oxygen atoms in total. The molecule has 0 spiro atoms. The van der Waals surface area contributed by atoms with Crippen LogP contribution in [0.25, 0.3) is 0 Å². The molecule has 11 heavy (non-hydrogen) atoms. The van der Waals surface area contributed by atoms with E-state index in [-0.39, 0.29) is 12.1 Å². The highest BCUT2D eigenvalue weighted by Gasteiger charge is 2.20. The van der Waals surface area contributed by atoms with Crippen LogP contribution in [0.3, 0.4) is 0 Å². The second kappa shape index (κ2) is 3.34. The topological polar surface area (TPSA) is 46.2 Å². The van der Waals surface area contributed by atoms with Crippen molar-refractivity contribution in [3.8, 4) is 0 Å². The molecule has 0 aliphatic carbocycles. The molecule has 1 atom stereocenters. The van der Waals surface area contributed by atoms with E-state index >= 15 is 0 Å². The Labute approximate surface area is 70.7 Å². The number of hydrogen-bond donors (Lipinski definition) is 2. The van der Waals surface area contributed by atoms with Crippen LogP contribution >= 0.6 is 11.3 Å². The zero-order chi connectivity index (χ0) is 8.32. The van der Waals surface area contributed by atoms with Crippen LogP contribution in [0.1, 0.15) is 18.9 Å². The molecule has 1 heterocycles. The molecule has 1 aromatic rings. The summed E-state index contributed by atoms with van der Waals surface area (Å²) in [6.07, 6.45) is 0.615. The first-order chi connectivity index (χ1) is 5.17. The Morgan fingerprint density at radius 3 is 2.91 bits per heavy atom. The monoisotopic (exact) mass is 171 g/mol. The van der Waals surface area contributed by atoms with Gasteiger partial charge in [-0.25, -0.2) is 0 Å². The Balaban J connectivity index is 2.73. The fourth-order valence-electron chi connectivity index (χ4n) is 0.966. The first-order valence-electron chi connectivity index (χ1n) is 3.59. The largest absolute Gasteiger partial charge is 0.396 e. The van der Waals surface area contributed by atoms with Gasteiger partial charge in [0, 0.05) is 12.1 Å². The van der Waals surface area contributed by atoms with Gasteiger partial charge in [0.25, 0.3) is 0 Å². The van der Waals surface area contributed by atoms with Crippen molar-refractivity contribution in [3.05, 3.63) is 22.4 Å². The van der Waals surface area contributed by atoms with Gasteiger partial charge in [0.15, 0.2) is 0 Å². The van der Waals surface area contributed by atoms with E-state index in [4.69, 9.17) is 10.8 Å². The fraction of sp³-hybridized carbons (Fsp3) is 0.500. The molecular formula is C8H13NOS. The summed E-state index contributed by atoms with van der Waals surface area (Å²) in [6, 6.07) is 2.00. The van der Waals surface area contributed by atoms with E-state index in [9.17, 15) is 0 Å². The van der Waals surface area contributed by atoms with Crippen molar-refractivity contribution >= 4 is 11.3 Å². The molecule has 0 bridgehead atoms. The molecule has 1 unspecified atom stereocenters. The Morgan fingerprint density at radius 2 is 2.45 bits per heavy atom. The number of hydrogen-bond acceptors (Lipinski definition) is 3. The minimum absolute atomic E-state index is 0.142. The van der Waals surface area contributed by atoms with Gasteiger partial charge in [-0.15, -0.1) is 0 Å². The van der Waals surface area contributed by atoms with Crippen molar-refractivity contribution in [2.24, 2.45) is 5.73 Å². The smallest absolute Gasteiger partial charge is 0.0451 e. The van der Waals surface area contributed by atoms with Crippen LogP contribution in [0.5, 0.6) is 0 Å². The zero-order valence-corrected chi connectivity index (χ0v) is 7.40. The van der Waals surface area contributed by atoms with Crippen molar-refractivity contribution < 1.29 is 5.11 Å². The van der Waals surface area contributed by atoms with E-state index in [1.807, 2.05) is 23.8 Å².